The van der Waals surface area contributed by atoms with Gasteiger partial charge < -0.3 is 9.80 Å². The normalized spacial score (nSPS) is 20.9. The van der Waals surface area contributed by atoms with Crippen LogP contribution in [0, 0.1) is 0 Å². The van der Waals surface area contributed by atoms with Crippen molar-refractivity contribution >= 4 is 11.8 Å². The maximum atomic E-state index is 12.1. The highest BCUT2D eigenvalue weighted by atomic mass is 16.2. The van der Waals surface area contributed by atoms with Crippen molar-refractivity contribution in [3.63, 3.8) is 0 Å². The summed E-state index contributed by atoms with van der Waals surface area (Å²) >= 11 is 0. The number of carbonyl (C=O) groups is 2. The molecule has 0 radical (unpaired) electrons. The minimum atomic E-state index is 0.226. The third kappa shape index (κ3) is 3.93. The van der Waals surface area contributed by atoms with Gasteiger partial charge in [0.15, 0.2) is 0 Å². The minimum Gasteiger partial charge on any atom is -0.339 e. The van der Waals surface area contributed by atoms with Gasteiger partial charge in [-0.2, -0.15) is 0 Å². The van der Waals surface area contributed by atoms with Gasteiger partial charge in [0.2, 0.25) is 11.8 Å². The first-order chi connectivity index (χ1) is 9.20. The zero-order valence-electron chi connectivity index (χ0n) is 11.9. The molecular weight excluding hydrogens is 242 g/mol. The molecule has 2 amide bonds. The Morgan fingerprint density at radius 1 is 0.842 bits per heavy atom. The van der Waals surface area contributed by atoms with Crippen LogP contribution in [0.25, 0.3) is 0 Å². The largest absolute Gasteiger partial charge is 0.339 e. The second-order valence-corrected chi connectivity index (χ2v) is 5.49. The fourth-order valence-electron chi connectivity index (χ4n) is 2.81. The smallest absolute Gasteiger partial charge is 0.236 e. The number of piperazine rings is 1. The molecule has 0 atom stereocenters. The molecule has 5 heteroatoms. The molecule has 2 heterocycles. The molecule has 2 fully saturated rings. The first kappa shape index (κ1) is 14.3. The highest BCUT2D eigenvalue weighted by molar-refractivity contribution is 5.79. The Morgan fingerprint density at radius 2 is 1.37 bits per heavy atom. The summed E-state index contributed by atoms with van der Waals surface area (Å²) < 4.78 is 0. The fraction of sp³-hybridized carbons (Fsp3) is 0.857. The second-order valence-electron chi connectivity index (χ2n) is 5.49. The van der Waals surface area contributed by atoms with Crippen molar-refractivity contribution in [3.8, 4) is 0 Å². The van der Waals surface area contributed by atoms with Crippen molar-refractivity contribution in [2.24, 2.45) is 0 Å². The highest BCUT2D eigenvalue weighted by Gasteiger charge is 2.25. The number of amides is 2. The maximum Gasteiger partial charge on any atom is 0.236 e. The van der Waals surface area contributed by atoms with Crippen molar-refractivity contribution in [1.82, 2.24) is 14.7 Å². The second kappa shape index (κ2) is 6.89. The number of hydrogen-bond donors (Lipinski definition) is 0. The molecule has 19 heavy (non-hydrogen) atoms. The van der Waals surface area contributed by atoms with Crippen LogP contribution in [-0.2, 0) is 9.59 Å². The Balaban J connectivity index is 1.72. The molecule has 2 aliphatic rings. The molecule has 2 saturated heterocycles. The summed E-state index contributed by atoms with van der Waals surface area (Å²) in [6.07, 6.45) is 3.95. The van der Waals surface area contributed by atoms with E-state index in [4.69, 9.17) is 0 Å². The Hall–Kier alpha value is -1.10. The molecule has 0 unspecified atom stereocenters. The molecule has 0 aromatic carbocycles. The minimum absolute atomic E-state index is 0.226. The summed E-state index contributed by atoms with van der Waals surface area (Å²) in [5.74, 6) is 0.457. The topological polar surface area (TPSA) is 43.9 Å². The highest BCUT2D eigenvalue weighted by Crippen LogP contribution is 2.09. The summed E-state index contributed by atoms with van der Waals surface area (Å²) in [4.78, 5) is 29.9. The molecule has 2 aliphatic heterocycles. The average Bonchev–Trinajstić information content (AvgIpc) is 2.92. The zero-order chi connectivity index (χ0) is 13.7. The quantitative estimate of drug-likeness (QED) is 0.747. The van der Waals surface area contributed by atoms with Crippen LogP contribution >= 0.6 is 0 Å². The SMILES string of the molecule is CCCC(=O)N1CCN(C(=O)CN2CCCC2)CC1. The lowest BCUT2D eigenvalue weighted by atomic mass is 10.2. The van der Waals surface area contributed by atoms with Crippen molar-refractivity contribution in [2.45, 2.75) is 32.6 Å². The fourth-order valence-corrected chi connectivity index (χ4v) is 2.81. The van der Waals surface area contributed by atoms with Crippen LogP contribution in [0.1, 0.15) is 32.6 Å². The molecule has 0 aromatic heterocycles. The van der Waals surface area contributed by atoms with Crippen molar-refractivity contribution in [2.75, 3.05) is 45.8 Å². The van der Waals surface area contributed by atoms with Gasteiger partial charge in [0, 0.05) is 32.6 Å². The van der Waals surface area contributed by atoms with E-state index in [1.807, 2.05) is 16.7 Å². The van der Waals surface area contributed by atoms with E-state index in [1.165, 1.54) is 12.8 Å². The van der Waals surface area contributed by atoms with E-state index in [-0.39, 0.29) is 11.8 Å². The molecule has 0 bridgehead atoms. The zero-order valence-corrected chi connectivity index (χ0v) is 11.9. The number of likely N-dealkylation sites (tertiary alicyclic amines) is 1. The first-order valence-electron chi connectivity index (χ1n) is 7.48. The molecule has 0 spiro atoms. The number of carbonyl (C=O) groups excluding carboxylic acids is 2. The van der Waals surface area contributed by atoms with Crippen LogP contribution in [0.5, 0.6) is 0 Å². The van der Waals surface area contributed by atoms with Gasteiger partial charge in [-0.25, -0.2) is 0 Å². The molecule has 0 aromatic rings. The van der Waals surface area contributed by atoms with Gasteiger partial charge in [0.1, 0.15) is 0 Å². The molecule has 5 nitrogen and oxygen atoms in total. The lowest BCUT2D eigenvalue weighted by Gasteiger charge is -2.35. The summed E-state index contributed by atoms with van der Waals surface area (Å²) in [6.45, 7) is 7.48. The van der Waals surface area contributed by atoms with Crippen molar-refractivity contribution in [1.29, 1.82) is 0 Å². The van der Waals surface area contributed by atoms with Gasteiger partial charge in [-0.05, 0) is 32.4 Å². The molecule has 2 rings (SSSR count). The van der Waals surface area contributed by atoms with Crippen LogP contribution < -0.4 is 0 Å². The summed E-state index contributed by atoms with van der Waals surface area (Å²) in [6, 6.07) is 0. The molecule has 0 aliphatic carbocycles. The molecule has 0 saturated carbocycles. The Kier molecular flexibility index (Phi) is 5.19. The van der Waals surface area contributed by atoms with Crippen LogP contribution in [0.3, 0.4) is 0 Å². The van der Waals surface area contributed by atoms with Gasteiger partial charge in [0.25, 0.3) is 0 Å². The number of rotatable bonds is 4. The van der Waals surface area contributed by atoms with E-state index in [9.17, 15) is 9.59 Å². The molecule has 108 valence electrons. The maximum absolute atomic E-state index is 12.1. The number of hydrogen-bond acceptors (Lipinski definition) is 3. The molecular formula is C14H25N3O2. The third-order valence-electron chi connectivity index (χ3n) is 4.01. The monoisotopic (exact) mass is 267 g/mol. The van der Waals surface area contributed by atoms with Crippen molar-refractivity contribution in [3.05, 3.63) is 0 Å². The van der Waals surface area contributed by atoms with Crippen LogP contribution in [0.15, 0.2) is 0 Å². The van der Waals surface area contributed by atoms with Crippen LogP contribution in [-0.4, -0.2) is 72.3 Å². The van der Waals surface area contributed by atoms with Gasteiger partial charge in [-0.1, -0.05) is 6.92 Å². The van der Waals surface area contributed by atoms with Gasteiger partial charge >= 0.3 is 0 Å². The van der Waals surface area contributed by atoms with Crippen molar-refractivity contribution < 1.29 is 9.59 Å². The Labute approximate surface area is 115 Å². The summed E-state index contributed by atoms with van der Waals surface area (Å²) in [5.41, 5.74) is 0. The van der Waals surface area contributed by atoms with E-state index < -0.39 is 0 Å². The lowest BCUT2D eigenvalue weighted by Crippen LogP contribution is -2.52. The molecule has 0 N–H and O–H groups in total. The van der Waals surface area contributed by atoms with E-state index in [0.29, 0.717) is 39.1 Å². The van der Waals surface area contributed by atoms with Gasteiger partial charge in [0.05, 0.1) is 6.54 Å². The number of nitrogens with zero attached hydrogens (tertiary/aromatic N) is 3. The predicted molar refractivity (Wildman–Crippen MR) is 73.7 cm³/mol. The first-order valence-corrected chi connectivity index (χ1v) is 7.48. The van der Waals surface area contributed by atoms with Crippen LogP contribution in [0.4, 0.5) is 0 Å². The van der Waals surface area contributed by atoms with E-state index in [0.717, 1.165) is 19.5 Å². The van der Waals surface area contributed by atoms with E-state index >= 15 is 0 Å². The van der Waals surface area contributed by atoms with Crippen LogP contribution in [0.2, 0.25) is 0 Å². The predicted octanol–water partition coefficient (Wildman–Crippen LogP) is 0.553. The summed E-state index contributed by atoms with van der Waals surface area (Å²) in [5, 5.41) is 0. The van der Waals surface area contributed by atoms with Gasteiger partial charge in [-0.3, -0.25) is 14.5 Å². The van der Waals surface area contributed by atoms with E-state index in [2.05, 4.69) is 4.90 Å². The lowest BCUT2D eigenvalue weighted by molar-refractivity contribution is -0.140. The Bertz CT molecular complexity index is 319. The summed E-state index contributed by atoms with van der Waals surface area (Å²) in [7, 11) is 0. The average molecular weight is 267 g/mol. The van der Waals surface area contributed by atoms with E-state index in [1.54, 1.807) is 0 Å². The standard InChI is InChI=1S/C14H25N3O2/c1-2-5-13(18)16-8-10-17(11-9-16)14(19)12-15-6-3-4-7-15/h2-12H2,1H3. The Morgan fingerprint density at radius 3 is 1.89 bits per heavy atom. The van der Waals surface area contributed by atoms with Gasteiger partial charge in [-0.15, -0.1) is 0 Å². The third-order valence-corrected chi connectivity index (χ3v) is 4.01.